The molecule has 1 aromatic carbocycles. The maximum atomic E-state index is 11.9. The lowest BCUT2D eigenvalue weighted by molar-refractivity contribution is -0.124. The Kier molecular flexibility index (Phi) is 5.70. The summed E-state index contributed by atoms with van der Waals surface area (Å²) in [6.45, 7) is 3.26. The van der Waals surface area contributed by atoms with Crippen LogP contribution >= 0.6 is 12.2 Å². The van der Waals surface area contributed by atoms with Gasteiger partial charge in [0.05, 0.1) is 6.10 Å². The van der Waals surface area contributed by atoms with Crippen molar-refractivity contribution in [2.75, 3.05) is 6.61 Å². The Labute approximate surface area is 131 Å². The highest BCUT2D eigenvalue weighted by Crippen LogP contribution is 2.32. The van der Waals surface area contributed by atoms with Gasteiger partial charge in [-0.1, -0.05) is 30.4 Å². The highest BCUT2D eigenvalue weighted by Gasteiger charge is 2.30. The molecule has 2 rings (SSSR count). The van der Waals surface area contributed by atoms with Crippen LogP contribution in [0.15, 0.2) is 24.3 Å². The Balaban J connectivity index is 1.72. The molecule has 0 aromatic heterocycles. The summed E-state index contributed by atoms with van der Waals surface area (Å²) in [6.07, 6.45) is 2.93. The van der Waals surface area contributed by atoms with Gasteiger partial charge in [-0.3, -0.25) is 4.79 Å². The van der Waals surface area contributed by atoms with Gasteiger partial charge in [0.1, 0.15) is 4.99 Å². The molecule has 1 aromatic rings. The summed E-state index contributed by atoms with van der Waals surface area (Å²) < 4.78 is 5.50. The van der Waals surface area contributed by atoms with Crippen LogP contribution in [0.4, 0.5) is 0 Å². The fourth-order valence-corrected chi connectivity index (χ4v) is 2.71. The number of carbonyl (C=O) groups excluding carboxylic acids is 1. The molecule has 0 unspecified atom stereocenters. The molecule has 1 fully saturated rings. The lowest BCUT2D eigenvalue weighted by Gasteiger charge is -2.34. The molecular weight excluding hydrogens is 284 g/mol. The predicted octanol–water partition coefficient (Wildman–Crippen LogP) is 2.14. The fraction of sp³-hybridized carbons (Fsp3) is 0.500. The number of nitrogens with one attached hydrogen (secondary N) is 1. The van der Waals surface area contributed by atoms with E-state index in [1.54, 1.807) is 0 Å². The number of ether oxygens (including phenoxy) is 1. The number of amides is 1. The number of thiocarbonyl (C=S) groups is 1. The Morgan fingerprint density at radius 2 is 2.24 bits per heavy atom. The van der Waals surface area contributed by atoms with E-state index >= 15 is 0 Å². The van der Waals surface area contributed by atoms with Gasteiger partial charge in [0.2, 0.25) is 5.91 Å². The third-order valence-electron chi connectivity index (χ3n) is 3.77. The highest BCUT2D eigenvalue weighted by atomic mass is 32.1. The molecule has 0 saturated heterocycles. The second-order valence-corrected chi connectivity index (χ2v) is 5.90. The van der Waals surface area contributed by atoms with Gasteiger partial charge in [-0.05, 0) is 37.3 Å². The number of nitrogens with two attached hydrogens (primary N) is 1. The Bertz CT molecular complexity index is 513. The minimum absolute atomic E-state index is 0.0932. The van der Waals surface area contributed by atoms with E-state index in [1.165, 1.54) is 0 Å². The molecule has 1 aliphatic carbocycles. The van der Waals surface area contributed by atoms with E-state index in [9.17, 15) is 4.79 Å². The Morgan fingerprint density at radius 3 is 2.90 bits per heavy atom. The van der Waals surface area contributed by atoms with Crippen LogP contribution in [0.25, 0.3) is 0 Å². The molecule has 114 valence electrons. The van der Waals surface area contributed by atoms with Gasteiger partial charge in [0.25, 0.3) is 0 Å². The molecule has 4 nitrogen and oxygen atoms in total. The largest absolute Gasteiger partial charge is 0.389 e. The second kappa shape index (κ2) is 7.52. The third-order valence-corrected chi connectivity index (χ3v) is 4.01. The number of hydrogen-bond donors (Lipinski definition) is 2. The van der Waals surface area contributed by atoms with E-state index in [0.29, 0.717) is 30.0 Å². The van der Waals surface area contributed by atoms with Gasteiger partial charge < -0.3 is 15.8 Å². The zero-order chi connectivity index (χ0) is 15.2. The van der Waals surface area contributed by atoms with Crippen molar-refractivity contribution in [1.82, 2.24) is 5.32 Å². The SMILES string of the molecule is CCOC1CC(CC(=O)NCc2cccc(C(N)=S)c2)C1. The first-order valence-electron chi connectivity index (χ1n) is 7.35. The van der Waals surface area contributed by atoms with E-state index < -0.39 is 0 Å². The van der Waals surface area contributed by atoms with Crippen LogP contribution in [0, 0.1) is 5.92 Å². The van der Waals surface area contributed by atoms with Crippen LogP contribution in [0.1, 0.15) is 37.3 Å². The van der Waals surface area contributed by atoms with Gasteiger partial charge in [-0.15, -0.1) is 0 Å². The monoisotopic (exact) mass is 306 g/mol. The summed E-state index contributed by atoms with van der Waals surface area (Å²) in [7, 11) is 0. The van der Waals surface area contributed by atoms with Crippen molar-refractivity contribution in [3.8, 4) is 0 Å². The molecule has 0 heterocycles. The molecule has 0 atom stereocenters. The molecule has 21 heavy (non-hydrogen) atoms. The Morgan fingerprint density at radius 1 is 1.48 bits per heavy atom. The molecule has 0 bridgehead atoms. The van der Waals surface area contributed by atoms with E-state index in [-0.39, 0.29) is 5.91 Å². The summed E-state index contributed by atoms with van der Waals surface area (Å²) in [4.78, 5) is 12.3. The summed E-state index contributed by atoms with van der Waals surface area (Å²) >= 11 is 4.95. The van der Waals surface area contributed by atoms with Crippen LogP contribution in [0.3, 0.4) is 0 Å². The average molecular weight is 306 g/mol. The smallest absolute Gasteiger partial charge is 0.220 e. The fourth-order valence-electron chi connectivity index (χ4n) is 2.58. The van der Waals surface area contributed by atoms with Crippen LogP contribution in [0.5, 0.6) is 0 Å². The highest BCUT2D eigenvalue weighted by molar-refractivity contribution is 7.80. The van der Waals surface area contributed by atoms with Crippen molar-refractivity contribution in [2.24, 2.45) is 11.7 Å². The molecule has 1 saturated carbocycles. The topological polar surface area (TPSA) is 64.3 Å². The van der Waals surface area contributed by atoms with E-state index in [1.807, 2.05) is 31.2 Å². The van der Waals surface area contributed by atoms with Crippen LogP contribution < -0.4 is 11.1 Å². The molecule has 1 amide bonds. The minimum atomic E-state index is 0.0932. The van der Waals surface area contributed by atoms with Crippen molar-refractivity contribution in [1.29, 1.82) is 0 Å². The normalized spacial score (nSPS) is 20.6. The van der Waals surface area contributed by atoms with E-state index in [4.69, 9.17) is 22.7 Å². The van der Waals surface area contributed by atoms with Crippen LogP contribution in [-0.4, -0.2) is 23.6 Å². The lowest BCUT2D eigenvalue weighted by atomic mass is 9.80. The first kappa shape index (κ1) is 15.9. The third kappa shape index (κ3) is 4.79. The van der Waals surface area contributed by atoms with Crippen LogP contribution in [-0.2, 0) is 16.1 Å². The van der Waals surface area contributed by atoms with E-state index in [0.717, 1.165) is 30.6 Å². The number of rotatable bonds is 7. The number of benzene rings is 1. The van der Waals surface area contributed by atoms with Gasteiger partial charge >= 0.3 is 0 Å². The molecule has 5 heteroatoms. The number of carbonyl (C=O) groups is 1. The van der Waals surface area contributed by atoms with Gasteiger partial charge in [0.15, 0.2) is 0 Å². The quantitative estimate of drug-likeness (QED) is 0.758. The molecule has 3 N–H and O–H groups in total. The number of hydrogen-bond acceptors (Lipinski definition) is 3. The van der Waals surface area contributed by atoms with Gasteiger partial charge in [-0.25, -0.2) is 0 Å². The Hall–Kier alpha value is -1.46. The molecule has 0 spiro atoms. The van der Waals surface area contributed by atoms with Crippen LogP contribution in [0.2, 0.25) is 0 Å². The zero-order valence-corrected chi connectivity index (χ0v) is 13.1. The minimum Gasteiger partial charge on any atom is -0.389 e. The molecular formula is C16H22N2O2S. The van der Waals surface area contributed by atoms with Gasteiger partial charge in [0, 0.05) is 25.1 Å². The maximum Gasteiger partial charge on any atom is 0.220 e. The standard InChI is InChI=1S/C16H22N2O2S/c1-2-20-14-7-12(8-14)9-15(19)18-10-11-4-3-5-13(6-11)16(17)21/h3-6,12,14H,2,7-10H2,1H3,(H2,17,21)(H,18,19). The van der Waals surface area contributed by atoms with Crippen molar-refractivity contribution >= 4 is 23.1 Å². The molecule has 1 aliphatic rings. The summed E-state index contributed by atoms with van der Waals surface area (Å²) in [5.41, 5.74) is 7.44. The summed E-state index contributed by atoms with van der Waals surface area (Å²) in [6, 6.07) is 7.64. The molecule has 0 aliphatic heterocycles. The average Bonchev–Trinajstić information content (AvgIpc) is 2.43. The lowest BCUT2D eigenvalue weighted by Crippen LogP contribution is -2.35. The second-order valence-electron chi connectivity index (χ2n) is 5.46. The maximum absolute atomic E-state index is 11.9. The summed E-state index contributed by atoms with van der Waals surface area (Å²) in [5, 5.41) is 2.95. The van der Waals surface area contributed by atoms with Crippen molar-refractivity contribution in [2.45, 2.75) is 38.8 Å². The van der Waals surface area contributed by atoms with Crippen molar-refractivity contribution in [3.05, 3.63) is 35.4 Å². The van der Waals surface area contributed by atoms with Crippen molar-refractivity contribution < 1.29 is 9.53 Å². The zero-order valence-electron chi connectivity index (χ0n) is 12.3. The predicted molar refractivity (Wildman–Crippen MR) is 86.9 cm³/mol. The first-order valence-corrected chi connectivity index (χ1v) is 7.76. The van der Waals surface area contributed by atoms with Gasteiger partial charge in [-0.2, -0.15) is 0 Å². The first-order chi connectivity index (χ1) is 10.1. The van der Waals surface area contributed by atoms with Crippen molar-refractivity contribution in [3.63, 3.8) is 0 Å². The summed E-state index contributed by atoms with van der Waals surface area (Å²) in [5.74, 6) is 0.556. The molecule has 0 radical (unpaired) electrons. The van der Waals surface area contributed by atoms with E-state index in [2.05, 4.69) is 5.32 Å².